The average molecular weight is 299 g/mol. The van der Waals surface area contributed by atoms with Crippen LogP contribution in [0.25, 0.3) is 0 Å². The van der Waals surface area contributed by atoms with Gasteiger partial charge >= 0.3 is 5.97 Å². The molecule has 4 nitrogen and oxygen atoms in total. The van der Waals surface area contributed by atoms with Crippen molar-refractivity contribution in [3.8, 4) is 0 Å². The van der Waals surface area contributed by atoms with Gasteiger partial charge in [-0.3, -0.25) is 9.59 Å². The summed E-state index contributed by atoms with van der Waals surface area (Å²) in [5, 5.41) is 0. The third kappa shape index (κ3) is 6.06. The summed E-state index contributed by atoms with van der Waals surface area (Å²) in [6.45, 7) is 0.512. The maximum atomic E-state index is 12.7. The molecule has 0 atom stereocenters. The molecule has 0 spiro atoms. The van der Waals surface area contributed by atoms with E-state index in [-0.39, 0.29) is 17.7 Å². The van der Waals surface area contributed by atoms with Crippen molar-refractivity contribution in [1.29, 1.82) is 0 Å². The Morgan fingerprint density at radius 1 is 1.30 bits per heavy atom. The molecule has 0 N–H and O–H groups in total. The molecule has 0 aromatic heterocycles. The first-order valence-corrected chi connectivity index (χ1v) is 7.20. The Morgan fingerprint density at radius 2 is 1.95 bits per heavy atom. The molecule has 0 saturated heterocycles. The van der Waals surface area contributed by atoms with Crippen LogP contribution in [0.3, 0.4) is 0 Å². The van der Waals surface area contributed by atoms with Gasteiger partial charge in [0.05, 0.1) is 12.9 Å². The summed E-state index contributed by atoms with van der Waals surface area (Å²) in [6.07, 6.45) is 0.884. The minimum Gasteiger partial charge on any atom is -0.469 e. The molecule has 0 unspecified atom stereocenters. The van der Waals surface area contributed by atoms with E-state index >= 15 is 0 Å². The first kappa shape index (κ1) is 16.5. The van der Waals surface area contributed by atoms with Crippen LogP contribution < -0.4 is 0 Å². The number of hydrogen-bond acceptors (Lipinski definition) is 4. The fourth-order valence-electron chi connectivity index (χ4n) is 1.47. The molecule has 1 aromatic rings. The summed E-state index contributed by atoms with van der Waals surface area (Å²) < 4.78 is 17.3. The second kappa shape index (κ2) is 8.58. The Balaban J connectivity index is 2.27. The molecule has 0 aliphatic rings. The van der Waals surface area contributed by atoms with Crippen molar-refractivity contribution < 1.29 is 18.7 Å². The number of benzene rings is 1. The molecule has 0 fully saturated rings. The summed E-state index contributed by atoms with van der Waals surface area (Å²) >= 11 is 1.36. The first-order valence-electron chi connectivity index (χ1n) is 6.22. The standard InChI is InChI=1S/C14H18FNO3S/c1-16(9-3-4-14(18)19-2)13(17)10-20-12-7-5-11(15)6-8-12/h5-8H,3-4,9-10H2,1-2H3. The molecule has 1 aromatic carbocycles. The zero-order valence-corrected chi connectivity index (χ0v) is 12.4. The van der Waals surface area contributed by atoms with Crippen molar-refractivity contribution in [3.63, 3.8) is 0 Å². The average Bonchev–Trinajstić information content (AvgIpc) is 2.45. The zero-order valence-electron chi connectivity index (χ0n) is 11.6. The predicted octanol–water partition coefficient (Wildman–Crippen LogP) is 2.33. The molecule has 6 heteroatoms. The summed E-state index contributed by atoms with van der Waals surface area (Å²) in [5.74, 6) is -0.295. The highest BCUT2D eigenvalue weighted by molar-refractivity contribution is 8.00. The number of carbonyl (C=O) groups is 2. The number of ether oxygens (including phenoxy) is 1. The summed E-state index contributed by atoms with van der Waals surface area (Å²) in [4.78, 5) is 25.2. The summed E-state index contributed by atoms with van der Waals surface area (Å²) in [6, 6.07) is 6.02. The Labute approximate surface area is 122 Å². The maximum Gasteiger partial charge on any atom is 0.305 e. The molecule has 0 aliphatic heterocycles. The third-order valence-corrected chi connectivity index (χ3v) is 3.70. The van der Waals surface area contributed by atoms with Crippen molar-refractivity contribution in [1.82, 2.24) is 4.90 Å². The number of carbonyl (C=O) groups excluding carboxylic acids is 2. The van der Waals surface area contributed by atoms with E-state index in [4.69, 9.17) is 0 Å². The van der Waals surface area contributed by atoms with Crippen LogP contribution in [0, 0.1) is 5.82 Å². The molecule has 0 heterocycles. The van der Waals surface area contributed by atoms with Crippen LogP contribution >= 0.6 is 11.8 Å². The molecule has 1 rings (SSSR count). The zero-order chi connectivity index (χ0) is 15.0. The van der Waals surface area contributed by atoms with E-state index in [2.05, 4.69) is 4.74 Å². The quantitative estimate of drug-likeness (QED) is 0.572. The van der Waals surface area contributed by atoms with E-state index in [1.807, 2.05) is 0 Å². The highest BCUT2D eigenvalue weighted by Gasteiger charge is 2.10. The molecule has 0 bridgehead atoms. The second-order valence-corrected chi connectivity index (χ2v) is 5.29. The number of methoxy groups -OCH3 is 1. The van der Waals surface area contributed by atoms with Gasteiger partial charge in [0.2, 0.25) is 5.91 Å². The number of nitrogens with zero attached hydrogens (tertiary/aromatic N) is 1. The van der Waals surface area contributed by atoms with Crippen molar-refractivity contribution >= 4 is 23.6 Å². The van der Waals surface area contributed by atoms with Gasteiger partial charge in [0.25, 0.3) is 0 Å². The summed E-state index contributed by atoms with van der Waals surface area (Å²) in [5.41, 5.74) is 0. The van der Waals surface area contributed by atoms with Gasteiger partial charge in [-0.05, 0) is 30.7 Å². The number of hydrogen-bond donors (Lipinski definition) is 0. The topological polar surface area (TPSA) is 46.6 Å². The fraction of sp³-hybridized carbons (Fsp3) is 0.429. The third-order valence-electron chi connectivity index (χ3n) is 2.70. The fourth-order valence-corrected chi connectivity index (χ4v) is 2.31. The van der Waals surface area contributed by atoms with Crippen LogP contribution in [-0.4, -0.2) is 43.2 Å². The lowest BCUT2D eigenvalue weighted by atomic mass is 10.3. The van der Waals surface area contributed by atoms with Crippen LogP contribution in [0.15, 0.2) is 29.2 Å². The van der Waals surface area contributed by atoms with E-state index in [0.29, 0.717) is 25.1 Å². The van der Waals surface area contributed by atoms with Gasteiger partial charge in [0.1, 0.15) is 5.82 Å². The number of esters is 1. The minimum absolute atomic E-state index is 0.0239. The minimum atomic E-state index is -0.291. The lowest BCUT2D eigenvalue weighted by molar-refractivity contribution is -0.141. The van der Waals surface area contributed by atoms with E-state index in [1.54, 1.807) is 24.1 Å². The molecule has 20 heavy (non-hydrogen) atoms. The second-order valence-electron chi connectivity index (χ2n) is 4.24. The Morgan fingerprint density at radius 3 is 2.55 bits per heavy atom. The van der Waals surface area contributed by atoms with E-state index < -0.39 is 0 Å². The molecule has 0 aliphatic carbocycles. The molecule has 1 amide bonds. The number of rotatable bonds is 7. The van der Waals surface area contributed by atoms with Gasteiger partial charge in [0.15, 0.2) is 0 Å². The number of thioether (sulfide) groups is 1. The van der Waals surface area contributed by atoms with Crippen molar-refractivity contribution in [2.45, 2.75) is 17.7 Å². The lowest BCUT2D eigenvalue weighted by Gasteiger charge is -2.16. The Hall–Kier alpha value is -1.56. The van der Waals surface area contributed by atoms with E-state index in [1.165, 1.54) is 31.0 Å². The van der Waals surface area contributed by atoms with Crippen LogP contribution in [0.2, 0.25) is 0 Å². The van der Waals surface area contributed by atoms with Gasteiger partial charge in [-0.1, -0.05) is 0 Å². The van der Waals surface area contributed by atoms with E-state index in [0.717, 1.165) is 4.90 Å². The van der Waals surface area contributed by atoms with Crippen molar-refractivity contribution in [2.24, 2.45) is 0 Å². The van der Waals surface area contributed by atoms with Gasteiger partial charge < -0.3 is 9.64 Å². The van der Waals surface area contributed by atoms with Crippen LogP contribution in [-0.2, 0) is 14.3 Å². The molecular weight excluding hydrogens is 281 g/mol. The highest BCUT2D eigenvalue weighted by atomic mass is 32.2. The molecule has 110 valence electrons. The summed E-state index contributed by atoms with van der Waals surface area (Å²) in [7, 11) is 3.04. The van der Waals surface area contributed by atoms with Gasteiger partial charge in [-0.15, -0.1) is 11.8 Å². The Bertz CT molecular complexity index is 450. The maximum absolute atomic E-state index is 12.7. The molecule has 0 radical (unpaired) electrons. The monoisotopic (exact) mass is 299 g/mol. The van der Waals surface area contributed by atoms with Crippen molar-refractivity contribution in [2.75, 3.05) is 26.5 Å². The van der Waals surface area contributed by atoms with Gasteiger partial charge in [0, 0.05) is 24.9 Å². The van der Waals surface area contributed by atoms with Crippen LogP contribution in [0.4, 0.5) is 4.39 Å². The largest absolute Gasteiger partial charge is 0.469 e. The van der Waals surface area contributed by atoms with E-state index in [9.17, 15) is 14.0 Å². The smallest absolute Gasteiger partial charge is 0.305 e. The van der Waals surface area contributed by atoms with Gasteiger partial charge in [-0.25, -0.2) is 4.39 Å². The number of amides is 1. The SMILES string of the molecule is COC(=O)CCCN(C)C(=O)CSc1ccc(F)cc1. The Kier molecular flexibility index (Phi) is 7.08. The van der Waals surface area contributed by atoms with Crippen LogP contribution in [0.5, 0.6) is 0 Å². The highest BCUT2D eigenvalue weighted by Crippen LogP contribution is 2.18. The van der Waals surface area contributed by atoms with Crippen LogP contribution in [0.1, 0.15) is 12.8 Å². The first-order chi connectivity index (χ1) is 9.52. The molecular formula is C14H18FNO3S. The normalized spacial score (nSPS) is 10.2. The number of halogens is 1. The van der Waals surface area contributed by atoms with Crippen molar-refractivity contribution in [3.05, 3.63) is 30.1 Å². The molecule has 0 saturated carbocycles. The predicted molar refractivity (Wildman–Crippen MR) is 76.0 cm³/mol. The lowest BCUT2D eigenvalue weighted by Crippen LogP contribution is -2.29. The van der Waals surface area contributed by atoms with Gasteiger partial charge in [-0.2, -0.15) is 0 Å².